The van der Waals surface area contributed by atoms with Crippen LogP contribution in [0, 0.1) is 5.41 Å². The van der Waals surface area contributed by atoms with Gasteiger partial charge in [-0.1, -0.05) is 38.1 Å². The lowest BCUT2D eigenvalue weighted by molar-refractivity contribution is -0.136. The van der Waals surface area contributed by atoms with Crippen molar-refractivity contribution in [3.05, 3.63) is 35.4 Å². The van der Waals surface area contributed by atoms with Crippen LogP contribution < -0.4 is 5.32 Å². The van der Waals surface area contributed by atoms with Crippen LogP contribution in [0.1, 0.15) is 31.0 Å². The number of aliphatic carboxylic acids is 1. The highest BCUT2D eigenvalue weighted by atomic mass is 16.4. The monoisotopic (exact) mass is 219 g/mol. The first-order chi connectivity index (χ1) is 7.50. The molecule has 3 nitrogen and oxygen atoms in total. The van der Waals surface area contributed by atoms with Gasteiger partial charge in [-0.3, -0.25) is 10.1 Å². The van der Waals surface area contributed by atoms with Gasteiger partial charge in [-0.15, -0.1) is 0 Å². The highest BCUT2D eigenvalue weighted by Crippen LogP contribution is 2.44. The van der Waals surface area contributed by atoms with Crippen LogP contribution in [0.3, 0.4) is 0 Å². The third-order valence-electron chi connectivity index (χ3n) is 3.25. The maximum absolute atomic E-state index is 10.6. The summed E-state index contributed by atoms with van der Waals surface area (Å²) < 4.78 is 0. The first kappa shape index (κ1) is 11.1. The average molecular weight is 219 g/mol. The number of hydrogen-bond donors (Lipinski definition) is 2. The molecule has 2 N–H and O–H groups in total. The van der Waals surface area contributed by atoms with Gasteiger partial charge in [0.1, 0.15) is 0 Å². The third kappa shape index (κ3) is 1.95. The lowest BCUT2D eigenvalue weighted by atomic mass is 9.85. The molecule has 0 amide bonds. The van der Waals surface area contributed by atoms with E-state index in [-0.39, 0.29) is 18.0 Å². The lowest BCUT2D eigenvalue weighted by Gasteiger charge is -2.28. The maximum atomic E-state index is 10.6. The fourth-order valence-corrected chi connectivity index (χ4v) is 2.57. The van der Waals surface area contributed by atoms with E-state index in [1.54, 1.807) is 0 Å². The molecule has 86 valence electrons. The number of hydrogen-bond acceptors (Lipinski definition) is 2. The summed E-state index contributed by atoms with van der Waals surface area (Å²) in [6, 6.07) is 8.40. The molecule has 1 aliphatic carbocycles. The number of nitrogens with one attached hydrogen (secondary N) is 1. The van der Waals surface area contributed by atoms with E-state index in [9.17, 15) is 4.79 Å². The Hall–Kier alpha value is -1.35. The minimum Gasteiger partial charge on any atom is -0.480 e. The number of carboxylic acid groups (broad SMARTS) is 1. The Morgan fingerprint density at radius 3 is 2.88 bits per heavy atom. The number of fused-ring (bicyclic) bond motifs is 1. The average Bonchev–Trinajstić information content (AvgIpc) is 2.44. The quantitative estimate of drug-likeness (QED) is 0.817. The summed E-state index contributed by atoms with van der Waals surface area (Å²) >= 11 is 0. The number of rotatable bonds is 3. The Kier molecular flexibility index (Phi) is 2.72. The molecule has 1 aliphatic rings. The van der Waals surface area contributed by atoms with E-state index in [1.165, 1.54) is 11.1 Å². The minimum atomic E-state index is -0.805. The van der Waals surface area contributed by atoms with E-state index in [0.29, 0.717) is 0 Å². The van der Waals surface area contributed by atoms with Crippen LogP contribution in [0.4, 0.5) is 0 Å². The zero-order valence-electron chi connectivity index (χ0n) is 9.66. The van der Waals surface area contributed by atoms with E-state index < -0.39 is 5.97 Å². The molecule has 0 saturated heterocycles. The van der Waals surface area contributed by atoms with Gasteiger partial charge < -0.3 is 5.11 Å². The molecule has 16 heavy (non-hydrogen) atoms. The Morgan fingerprint density at radius 1 is 1.50 bits per heavy atom. The van der Waals surface area contributed by atoms with Gasteiger partial charge >= 0.3 is 5.97 Å². The summed E-state index contributed by atoms with van der Waals surface area (Å²) in [5.74, 6) is -0.805. The van der Waals surface area contributed by atoms with Gasteiger partial charge in [0.15, 0.2) is 0 Å². The molecule has 0 spiro atoms. The van der Waals surface area contributed by atoms with Crippen molar-refractivity contribution in [3.63, 3.8) is 0 Å². The van der Waals surface area contributed by atoms with E-state index in [1.807, 2.05) is 12.1 Å². The summed E-state index contributed by atoms with van der Waals surface area (Å²) in [6.45, 7) is 4.36. The molecule has 1 unspecified atom stereocenters. The molecule has 0 fully saturated rings. The topological polar surface area (TPSA) is 49.3 Å². The van der Waals surface area contributed by atoms with Crippen molar-refractivity contribution in [1.82, 2.24) is 5.32 Å². The van der Waals surface area contributed by atoms with E-state index >= 15 is 0 Å². The summed E-state index contributed by atoms with van der Waals surface area (Å²) in [4.78, 5) is 10.6. The fourth-order valence-electron chi connectivity index (χ4n) is 2.57. The Labute approximate surface area is 95.5 Å². The SMILES string of the molecule is CC1(C)Cc2ccccc2C1NCC(=O)O. The van der Waals surface area contributed by atoms with Crippen molar-refractivity contribution in [3.8, 4) is 0 Å². The molecule has 3 heteroatoms. The first-order valence-electron chi connectivity index (χ1n) is 5.54. The predicted molar refractivity (Wildman–Crippen MR) is 62.3 cm³/mol. The van der Waals surface area contributed by atoms with Crippen LogP contribution in [-0.4, -0.2) is 17.6 Å². The van der Waals surface area contributed by atoms with Crippen LogP contribution in [0.5, 0.6) is 0 Å². The second kappa shape index (κ2) is 3.91. The zero-order chi connectivity index (χ0) is 11.8. The molecule has 1 atom stereocenters. The van der Waals surface area contributed by atoms with Crippen LogP contribution in [0.15, 0.2) is 24.3 Å². The Balaban J connectivity index is 2.24. The van der Waals surface area contributed by atoms with Crippen molar-refractivity contribution in [2.45, 2.75) is 26.3 Å². The van der Waals surface area contributed by atoms with Gasteiger partial charge in [-0.05, 0) is 23.0 Å². The summed E-state index contributed by atoms with van der Waals surface area (Å²) in [5.41, 5.74) is 2.66. The molecule has 0 heterocycles. The molecule has 0 aromatic heterocycles. The highest BCUT2D eigenvalue weighted by molar-refractivity contribution is 5.69. The largest absolute Gasteiger partial charge is 0.480 e. The molecule has 1 aromatic carbocycles. The van der Waals surface area contributed by atoms with E-state index in [2.05, 4.69) is 31.3 Å². The van der Waals surface area contributed by atoms with E-state index in [4.69, 9.17) is 5.11 Å². The van der Waals surface area contributed by atoms with E-state index in [0.717, 1.165) is 6.42 Å². The second-order valence-corrected chi connectivity index (χ2v) is 5.07. The van der Waals surface area contributed by atoms with Crippen LogP contribution in [0.25, 0.3) is 0 Å². The Morgan fingerprint density at radius 2 is 2.19 bits per heavy atom. The van der Waals surface area contributed by atoms with Gasteiger partial charge in [0, 0.05) is 6.04 Å². The molecule has 0 aliphatic heterocycles. The molecule has 2 rings (SSSR count). The fraction of sp³-hybridized carbons (Fsp3) is 0.462. The summed E-state index contributed by atoms with van der Waals surface area (Å²) in [5, 5.41) is 11.9. The lowest BCUT2D eigenvalue weighted by Crippen LogP contribution is -2.34. The summed E-state index contributed by atoms with van der Waals surface area (Å²) in [6.07, 6.45) is 1.00. The highest BCUT2D eigenvalue weighted by Gasteiger charge is 2.38. The van der Waals surface area contributed by atoms with Crippen molar-refractivity contribution in [2.75, 3.05) is 6.54 Å². The van der Waals surface area contributed by atoms with Crippen molar-refractivity contribution < 1.29 is 9.90 Å². The third-order valence-corrected chi connectivity index (χ3v) is 3.25. The second-order valence-electron chi connectivity index (χ2n) is 5.07. The van der Waals surface area contributed by atoms with Gasteiger partial charge in [-0.25, -0.2) is 0 Å². The molecule has 0 bridgehead atoms. The molecular weight excluding hydrogens is 202 g/mol. The maximum Gasteiger partial charge on any atom is 0.317 e. The molecule has 0 radical (unpaired) electrons. The van der Waals surface area contributed by atoms with Gasteiger partial charge in [-0.2, -0.15) is 0 Å². The smallest absolute Gasteiger partial charge is 0.317 e. The normalized spacial score (nSPS) is 21.8. The molecule has 0 saturated carbocycles. The molecular formula is C13H17NO2. The van der Waals surface area contributed by atoms with Gasteiger partial charge in [0.25, 0.3) is 0 Å². The van der Waals surface area contributed by atoms with Crippen LogP contribution in [-0.2, 0) is 11.2 Å². The number of benzene rings is 1. The first-order valence-corrected chi connectivity index (χ1v) is 5.54. The van der Waals surface area contributed by atoms with Gasteiger partial charge in [0.05, 0.1) is 6.54 Å². The standard InChI is InChI=1S/C13H17NO2/c1-13(2)7-9-5-3-4-6-10(9)12(13)14-8-11(15)16/h3-6,12,14H,7-8H2,1-2H3,(H,15,16). The van der Waals surface area contributed by atoms with Crippen molar-refractivity contribution in [2.24, 2.45) is 5.41 Å². The minimum absolute atomic E-state index is 0.0163. The van der Waals surface area contributed by atoms with Crippen LogP contribution >= 0.6 is 0 Å². The van der Waals surface area contributed by atoms with Gasteiger partial charge in [0.2, 0.25) is 0 Å². The summed E-state index contributed by atoms with van der Waals surface area (Å²) in [7, 11) is 0. The number of carbonyl (C=O) groups is 1. The molecule has 1 aromatic rings. The predicted octanol–water partition coefficient (Wildman–Crippen LogP) is 1.98. The Bertz CT molecular complexity index is 412. The van der Waals surface area contributed by atoms with Crippen LogP contribution in [0.2, 0.25) is 0 Å². The zero-order valence-corrected chi connectivity index (χ0v) is 9.66. The number of carboxylic acids is 1. The van der Waals surface area contributed by atoms with Crippen molar-refractivity contribution >= 4 is 5.97 Å². The van der Waals surface area contributed by atoms with Crippen molar-refractivity contribution in [1.29, 1.82) is 0 Å².